The predicted octanol–water partition coefficient (Wildman–Crippen LogP) is 1.44. The Morgan fingerprint density at radius 1 is 1.33 bits per heavy atom. The van der Waals surface area contributed by atoms with Gasteiger partial charge in [0.15, 0.2) is 0 Å². The highest BCUT2D eigenvalue weighted by Gasteiger charge is 2.42. The van der Waals surface area contributed by atoms with Crippen LogP contribution in [0.4, 0.5) is 0 Å². The average molecular weight is 228 g/mol. The number of thioether (sulfide) groups is 1. The van der Waals surface area contributed by atoms with Gasteiger partial charge in [-0.3, -0.25) is 15.0 Å². The minimum absolute atomic E-state index is 0.0683. The standard InChI is InChI=1S/C11H20N2OS/c1-10(2,3)13-6-4-11(5-7-13)12-8-9(14)15-11/h12H,4-8H2,1-3H3. The molecule has 0 amide bonds. The van der Waals surface area contributed by atoms with Crippen molar-refractivity contribution in [1.82, 2.24) is 10.2 Å². The third-order valence-corrected chi connectivity index (χ3v) is 4.70. The minimum Gasteiger partial charge on any atom is -0.298 e. The van der Waals surface area contributed by atoms with Gasteiger partial charge >= 0.3 is 0 Å². The maximum Gasteiger partial charge on any atom is 0.204 e. The molecule has 0 aromatic carbocycles. The summed E-state index contributed by atoms with van der Waals surface area (Å²) in [4.78, 5) is 13.9. The van der Waals surface area contributed by atoms with Crippen LogP contribution in [-0.4, -0.2) is 40.1 Å². The molecule has 2 heterocycles. The minimum atomic E-state index is 0.0683. The lowest BCUT2D eigenvalue weighted by atomic mass is 9.97. The first-order chi connectivity index (χ1) is 6.91. The summed E-state index contributed by atoms with van der Waals surface area (Å²) in [6.07, 6.45) is 2.17. The molecule has 1 spiro atoms. The second-order valence-corrected chi connectivity index (χ2v) is 6.92. The maximum absolute atomic E-state index is 11.3. The molecule has 0 aromatic rings. The van der Waals surface area contributed by atoms with Crippen molar-refractivity contribution in [3.8, 4) is 0 Å². The molecule has 2 fully saturated rings. The summed E-state index contributed by atoms with van der Waals surface area (Å²) < 4.78 is 0. The quantitative estimate of drug-likeness (QED) is 0.680. The first-order valence-electron chi connectivity index (χ1n) is 5.63. The van der Waals surface area contributed by atoms with E-state index >= 15 is 0 Å². The molecule has 4 heteroatoms. The van der Waals surface area contributed by atoms with E-state index in [0.29, 0.717) is 11.7 Å². The fourth-order valence-corrected chi connectivity index (χ4v) is 3.45. The smallest absolute Gasteiger partial charge is 0.204 e. The van der Waals surface area contributed by atoms with Crippen molar-refractivity contribution in [3.63, 3.8) is 0 Å². The molecule has 86 valence electrons. The molecule has 0 aromatic heterocycles. The summed E-state index contributed by atoms with van der Waals surface area (Å²) in [7, 11) is 0. The van der Waals surface area contributed by atoms with Crippen molar-refractivity contribution in [2.45, 2.75) is 44.0 Å². The van der Waals surface area contributed by atoms with E-state index in [0.717, 1.165) is 25.9 Å². The lowest BCUT2D eigenvalue weighted by Gasteiger charge is -2.44. The largest absolute Gasteiger partial charge is 0.298 e. The van der Waals surface area contributed by atoms with Crippen LogP contribution in [0.1, 0.15) is 33.6 Å². The number of carbonyl (C=O) groups excluding carboxylic acids is 1. The molecule has 2 aliphatic heterocycles. The Labute approximate surface area is 96.0 Å². The number of nitrogens with one attached hydrogen (secondary N) is 1. The topological polar surface area (TPSA) is 32.3 Å². The Hall–Kier alpha value is -0.0600. The average Bonchev–Trinajstić information content (AvgIpc) is 2.47. The lowest BCUT2D eigenvalue weighted by molar-refractivity contribution is -0.109. The number of piperidine rings is 1. The number of hydrogen-bond donors (Lipinski definition) is 1. The number of nitrogens with zero attached hydrogens (tertiary/aromatic N) is 1. The van der Waals surface area contributed by atoms with Crippen molar-refractivity contribution in [2.75, 3.05) is 19.6 Å². The van der Waals surface area contributed by atoms with Gasteiger partial charge in [-0.15, -0.1) is 0 Å². The normalized spacial score (nSPS) is 27.5. The van der Waals surface area contributed by atoms with Crippen LogP contribution < -0.4 is 5.32 Å². The van der Waals surface area contributed by atoms with E-state index in [9.17, 15) is 4.79 Å². The van der Waals surface area contributed by atoms with Gasteiger partial charge in [0.05, 0.1) is 11.4 Å². The SMILES string of the molecule is CC(C)(C)N1CCC2(CC1)NCC(=O)S2. The summed E-state index contributed by atoms with van der Waals surface area (Å²) in [6.45, 7) is 9.51. The van der Waals surface area contributed by atoms with Crippen LogP contribution in [-0.2, 0) is 4.79 Å². The van der Waals surface area contributed by atoms with E-state index in [1.807, 2.05) is 0 Å². The Morgan fingerprint density at radius 3 is 2.33 bits per heavy atom. The Bertz CT molecular complexity index is 264. The molecule has 2 rings (SSSR count). The summed E-state index contributed by atoms with van der Waals surface area (Å²) in [6, 6.07) is 0. The van der Waals surface area contributed by atoms with Crippen LogP contribution in [0.2, 0.25) is 0 Å². The van der Waals surface area contributed by atoms with Crippen molar-refractivity contribution in [1.29, 1.82) is 0 Å². The van der Waals surface area contributed by atoms with Crippen molar-refractivity contribution in [3.05, 3.63) is 0 Å². The van der Waals surface area contributed by atoms with Crippen LogP contribution in [0.25, 0.3) is 0 Å². The Kier molecular flexibility index (Phi) is 2.86. The van der Waals surface area contributed by atoms with Crippen LogP contribution in [0.5, 0.6) is 0 Å². The summed E-state index contributed by atoms with van der Waals surface area (Å²) in [5.41, 5.74) is 0.259. The van der Waals surface area contributed by atoms with E-state index in [-0.39, 0.29) is 10.4 Å². The number of rotatable bonds is 0. The molecule has 1 N–H and O–H groups in total. The molecule has 0 saturated carbocycles. The summed E-state index contributed by atoms with van der Waals surface area (Å²) >= 11 is 1.52. The zero-order chi connectivity index (χ0) is 11.1. The van der Waals surface area contributed by atoms with Crippen LogP contribution in [0, 0.1) is 0 Å². The van der Waals surface area contributed by atoms with E-state index in [1.165, 1.54) is 11.8 Å². The van der Waals surface area contributed by atoms with E-state index in [1.54, 1.807) is 0 Å². The van der Waals surface area contributed by atoms with Crippen molar-refractivity contribution in [2.24, 2.45) is 0 Å². The molecule has 3 nitrogen and oxygen atoms in total. The third-order valence-electron chi connectivity index (χ3n) is 3.38. The molecule has 2 saturated heterocycles. The highest BCUT2D eigenvalue weighted by molar-refractivity contribution is 8.15. The first-order valence-corrected chi connectivity index (χ1v) is 6.45. The van der Waals surface area contributed by atoms with Gasteiger partial charge in [-0.1, -0.05) is 11.8 Å². The summed E-state index contributed by atoms with van der Waals surface area (Å²) in [5, 5.41) is 3.69. The Morgan fingerprint density at radius 2 is 1.93 bits per heavy atom. The summed E-state index contributed by atoms with van der Waals surface area (Å²) in [5.74, 6) is 0. The highest BCUT2D eigenvalue weighted by Crippen LogP contribution is 2.38. The molecular formula is C11H20N2OS. The molecule has 0 aliphatic carbocycles. The predicted molar refractivity (Wildman–Crippen MR) is 63.9 cm³/mol. The van der Waals surface area contributed by atoms with Gasteiger partial charge < -0.3 is 0 Å². The van der Waals surface area contributed by atoms with Gasteiger partial charge in [0.25, 0.3) is 0 Å². The zero-order valence-corrected chi connectivity index (χ0v) is 10.6. The zero-order valence-electron chi connectivity index (χ0n) is 9.80. The third kappa shape index (κ3) is 2.37. The number of carbonyl (C=O) groups is 1. The van der Waals surface area contributed by atoms with Crippen LogP contribution in [0.15, 0.2) is 0 Å². The fraction of sp³-hybridized carbons (Fsp3) is 0.909. The monoisotopic (exact) mass is 228 g/mol. The van der Waals surface area contributed by atoms with Gasteiger partial charge in [0.2, 0.25) is 5.12 Å². The van der Waals surface area contributed by atoms with Crippen LogP contribution >= 0.6 is 11.8 Å². The van der Waals surface area contributed by atoms with E-state index in [4.69, 9.17) is 0 Å². The highest BCUT2D eigenvalue weighted by atomic mass is 32.2. The van der Waals surface area contributed by atoms with E-state index < -0.39 is 0 Å². The first kappa shape index (κ1) is 11.4. The lowest BCUT2D eigenvalue weighted by Crippen LogP contribution is -2.53. The molecule has 0 atom stereocenters. The molecule has 2 aliphatic rings. The number of likely N-dealkylation sites (tertiary alicyclic amines) is 1. The molecule has 15 heavy (non-hydrogen) atoms. The van der Waals surface area contributed by atoms with Crippen LogP contribution in [0.3, 0.4) is 0 Å². The fourth-order valence-electron chi connectivity index (χ4n) is 2.34. The molecule has 0 unspecified atom stereocenters. The second kappa shape index (κ2) is 3.75. The molecular weight excluding hydrogens is 208 g/mol. The van der Waals surface area contributed by atoms with Crippen molar-refractivity contribution >= 4 is 16.9 Å². The van der Waals surface area contributed by atoms with E-state index in [2.05, 4.69) is 31.0 Å². The second-order valence-electron chi connectivity index (χ2n) is 5.48. The van der Waals surface area contributed by atoms with Crippen molar-refractivity contribution < 1.29 is 4.79 Å². The van der Waals surface area contributed by atoms with Gasteiger partial charge in [0, 0.05) is 18.6 Å². The maximum atomic E-state index is 11.3. The molecule has 0 radical (unpaired) electrons. The van der Waals surface area contributed by atoms with Gasteiger partial charge in [-0.05, 0) is 33.6 Å². The van der Waals surface area contributed by atoms with Gasteiger partial charge in [0.1, 0.15) is 0 Å². The van der Waals surface area contributed by atoms with Gasteiger partial charge in [-0.2, -0.15) is 0 Å². The molecule has 0 bridgehead atoms. The Balaban J connectivity index is 1.95. The number of hydrogen-bond acceptors (Lipinski definition) is 4. The van der Waals surface area contributed by atoms with Gasteiger partial charge in [-0.25, -0.2) is 0 Å².